The summed E-state index contributed by atoms with van der Waals surface area (Å²) in [4.78, 5) is 2.44. The first kappa shape index (κ1) is 13.7. The smallest absolute Gasteiger partial charge is 0.265 e. The van der Waals surface area contributed by atoms with E-state index in [-0.39, 0.29) is 12.5 Å². The monoisotopic (exact) mass is 274 g/mol. The summed E-state index contributed by atoms with van der Waals surface area (Å²) in [6.45, 7) is 6.48. The molecule has 3 nitrogen and oxygen atoms in total. The second kappa shape index (κ2) is 4.64. The molecule has 3 aliphatic rings. The van der Waals surface area contributed by atoms with Gasteiger partial charge in [0.05, 0.1) is 18.2 Å². The lowest BCUT2D eigenvalue weighted by atomic mass is 9.89. The van der Waals surface area contributed by atoms with Crippen LogP contribution < -0.4 is 5.73 Å². The van der Waals surface area contributed by atoms with Crippen LogP contribution in [-0.2, 0) is 4.74 Å². The molecule has 1 aliphatic heterocycles. The highest BCUT2D eigenvalue weighted by molar-refractivity contribution is 5.08. The third kappa shape index (κ3) is 2.41. The Balaban J connectivity index is 1.52. The molecular weight excluding hydrogens is 250 g/mol. The third-order valence-electron chi connectivity index (χ3n) is 5.09. The summed E-state index contributed by atoms with van der Waals surface area (Å²) in [5, 5.41) is 0. The van der Waals surface area contributed by atoms with E-state index in [0.29, 0.717) is 30.7 Å². The number of ether oxygens (including phenoxy) is 1. The molecule has 3 fully saturated rings. The maximum absolute atomic E-state index is 13.6. The lowest BCUT2D eigenvalue weighted by Gasteiger charge is -2.36. The summed E-state index contributed by atoms with van der Waals surface area (Å²) < 4.78 is 33.0. The van der Waals surface area contributed by atoms with E-state index in [1.54, 1.807) is 0 Å². The van der Waals surface area contributed by atoms with Crippen molar-refractivity contribution in [3.05, 3.63) is 0 Å². The van der Waals surface area contributed by atoms with Gasteiger partial charge < -0.3 is 15.4 Å². The summed E-state index contributed by atoms with van der Waals surface area (Å²) >= 11 is 0. The fourth-order valence-corrected chi connectivity index (χ4v) is 3.64. The molecule has 3 rings (SSSR count). The second-order valence-corrected chi connectivity index (χ2v) is 6.69. The Bertz CT molecular complexity index is 338. The zero-order valence-corrected chi connectivity index (χ0v) is 11.7. The molecule has 0 aromatic rings. The van der Waals surface area contributed by atoms with Crippen LogP contribution in [-0.4, -0.2) is 48.2 Å². The largest absolute Gasteiger partial charge is 0.372 e. The summed E-state index contributed by atoms with van der Waals surface area (Å²) in [5.41, 5.74) is 5.67. The van der Waals surface area contributed by atoms with E-state index < -0.39 is 18.1 Å². The Labute approximate surface area is 113 Å². The van der Waals surface area contributed by atoms with E-state index in [2.05, 4.69) is 18.7 Å². The van der Waals surface area contributed by atoms with Crippen LogP contribution in [0.1, 0.15) is 33.1 Å². The summed E-state index contributed by atoms with van der Waals surface area (Å²) in [7, 11) is 0. The number of alkyl halides is 2. The van der Waals surface area contributed by atoms with Gasteiger partial charge in [-0.1, -0.05) is 0 Å². The van der Waals surface area contributed by atoms with Crippen molar-refractivity contribution in [1.29, 1.82) is 0 Å². The van der Waals surface area contributed by atoms with Crippen molar-refractivity contribution in [2.45, 2.75) is 63.3 Å². The first-order valence-electron chi connectivity index (χ1n) is 7.43. The minimum atomic E-state index is -2.75. The highest BCUT2D eigenvalue weighted by Crippen LogP contribution is 2.50. The molecule has 2 aliphatic carbocycles. The van der Waals surface area contributed by atoms with Crippen molar-refractivity contribution in [3.63, 3.8) is 0 Å². The molecule has 2 saturated carbocycles. The number of halogens is 2. The molecule has 1 heterocycles. The van der Waals surface area contributed by atoms with Crippen LogP contribution in [0.5, 0.6) is 0 Å². The van der Waals surface area contributed by atoms with Gasteiger partial charge in [0.2, 0.25) is 0 Å². The van der Waals surface area contributed by atoms with Gasteiger partial charge in [0.15, 0.2) is 0 Å². The van der Waals surface area contributed by atoms with E-state index in [9.17, 15) is 8.78 Å². The predicted molar refractivity (Wildman–Crippen MR) is 69.1 cm³/mol. The fourth-order valence-electron chi connectivity index (χ4n) is 3.64. The number of rotatable bonds is 3. The molecule has 0 unspecified atom stereocenters. The Morgan fingerprint density at radius 1 is 1.26 bits per heavy atom. The highest BCUT2D eigenvalue weighted by atomic mass is 19.3. The van der Waals surface area contributed by atoms with Gasteiger partial charge in [-0.2, -0.15) is 0 Å². The fraction of sp³-hybridized carbons (Fsp3) is 1.00. The van der Waals surface area contributed by atoms with E-state index in [4.69, 9.17) is 10.5 Å². The maximum atomic E-state index is 13.6. The molecule has 0 aromatic carbocycles. The minimum absolute atomic E-state index is 0.0906. The van der Waals surface area contributed by atoms with Gasteiger partial charge in [0.25, 0.3) is 5.92 Å². The van der Waals surface area contributed by atoms with Crippen LogP contribution >= 0.6 is 0 Å². The number of nitrogens with two attached hydrogens (primary N) is 1. The van der Waals surface area contributed by atoms with Crippen molar-refractivity contribution in [2.24, 2.45) is 17.6 Å². The van der Waals surface area contributed by atoms with E-state index >= 15 is 0 Å². The van der Waals surface area contributed by atoms with Crippen molar-refractivity contribution < 1.29 is 13.5 Å². The molecule has 5 atom stereocenters. The van der Waals surface area contributed by atoms with Crippen LogP contribution in [0, 0.1) is 11.8 Å². The zero-order chi connectivity index (χ0) is 13.8. The van der Waals surface area contributed by atoms with E-state index in [1.165, 1.54) is 0 Å². The minimum Gasteiger partial charge on any atom is -0.372 e. The van der Waals surface area contributed by atoms with Gasteiger partial charge in [0, 0.05) is 37.4 Å². The first-order chi connectivity index (χ1) is 8.90. The van der Waals surface area contributed by atoms with Crippen LogP contribution in [0.2, 0.25) is 0 Å². The quantitative estimate of drug-likeness (QED) is 0.853. The van der Waals surface area contributed by atoms with Crippen LogP contribution in [0.15, 0.2) is 0 Å². The van der Waals surface area contributed by atoms with E-state index in [0.717, 1.165) is 13.1 Å². The Hall–Kier alpha value is -0.260. The number of piperidine rings is 1. The molecule has 0 spiro atoms. The topological polar surface area (TPSA) is 38.5 Å². The molecule has 1 saturated heterocycles. The van der Waals surface area contributed by atoms with Crippen LogP contribution in [0.4, 0.5) is 8.78 Å². The molecule has 0 radical (unpaired) electrons. The normalized spacial score (nSPS) is 45.5. The standard InChI is InChI=1S/C14H24F2N2O/c1-8(2)18-6-9-10(7-18)12(9)19-11-4-3-5-14(15,16)13(11)17/h8-13H,3-7,17H2,1-2H3/t9-,10+,11-,12+,13+/m0/s1. The predicted octanol–water partition coefficient (Wildman–Crippen LogP) is 1.86. The van der Waals surface area contributed by atoms with Gasteiger partial charge in [-0.25, -0.2) is 8.78 Å². The second-order valence-electron chi connectivity index (χ2n) is 6.69. The van der Waals surface area contributed by atoms with Gasteiger partial charge in [-0.05, 0) is 26.7 Å². The van der Waals surface area contributed by atoms with Crippen LogP contribution in [0.3, 0.4) is 0 Å². The molecule has 5 heteroatoms. The molecule has 110 valence electrons. The average Bonchev–Trinajstić information content (AvgIpc) is 2.79. The van der Waals surface area contributed by atoms with Crippen molar-refractivity contribution >= 4 is 0 Å². The average molecular weight is 274 g/mol. The molecule has 19 heavy (non-hydrogen) atoms. The maximum Gasteiger partial charge on any atom is 0.265 e. The molecule has 0 aromatic heterocycles. The number of hydrogen-bond acceptors (Lipinski definition) is 3. The first-order valence-corrected chi connectivity index (χ1v) is 7.43. The Morgan fingerprint density at radius 2 is 1.89 bits per heavy atom. The molecule has 0 bridgehead atoms. The SMILES string of the molecule is CC(C)N1C[C@@H]2[C@H](C1)[C@H]2O[C@H]1CCCC(F)(F)[C@@H]1N. The number of likely N-dealkylation sites (tertiary alicyclic amines) is 1. The van der Waals surface area contributed by atoms with E-state index in [1.807, 2.05) is 0 Å². The van der Waals surface area contributed by atoms with Gasteiger partial charge in [-0.15, -0.1) is 0 Å². The van der Waals surface area contributed by atoms with Crippen LogP contribution in [0.25, 0.3) is 0 Å². The summed E-state index contributed by atoms with van der Waals surface area (Å²) in [6, 6.07) is -0.557. The van der Waals surface area contributed by atoms with Gasteiger partial charge >= 0.3 is 0 Å². The van der Waals surface area contributed by atoms with Gasteiger partial charge in [-0.3, -0.25) is 0 Å². The van der Waals surface area contributed by atoms with Gasteiger partial charge in [0.1, 0.15) is 0 Å². The lowest BCUT2D eigenvalue weighted by molar-refractivity contribution is -0.123. The summed E-state index contributed by atoms with van der Waals surface area (Å²) in [6.07, 6.45) is 0.838. The molecule has 0 amide bonds. The summed E-state index contributed by atoms with van der Waals surface area (Å²) in [5.74, 6) is -1.66. The lowest BCUT2D eigenvalue weighted by Crippen LogP contribution is -2.53. The third-order valence-corrected chi connectivity index (χ3v) is 5.09. The highest BCUT2D eigenvalue weighted by Gasteiger charge is 2.59. The molecular formula is C14H24F2N2O. The van der Waals surface area contributed by atoms with Crippen molar-refractivity contribution in [2.75, 3.05) is 13.1 Å². The number of fused-ring (bicyclic) bond motifs is 1. The van der Waals surface area contributed by atoms with Crippen molar-refractivity contribution in [1.82, 2.24) is 4.90 Å². The molecule has 2 N–H and O–H groups in total. The number of hydrogen-bond donors (Lipinski definition) is 1. The zero-order valence-electron chi connectivity index (χ0n) is 11.7. The van der Waals surface area contributed by atoms with Crippen molar-refractivity contribution in [3.8, 4) is 0 Å². The number of nitrogens with zero attached hydrogens (tertiary/aromatic N) is 1. The Morgan fingerprint density at radius 3 is 2.47 bits per heavy atom. The Kier molecular flexibility index (Phi) is 3.35.